The van der Waals surface area contributed by atoms with Crippen LogP contribution in [0.5, 0.6) is 0 Å². The predicted octanol–water partition coefficient (Wildman–Crippen LogP) is 3.00. The van der Waals surface area contributed by atoms with Crippen molar-refractivity contribution in [3.8, 4) is 6.07 Å². The minimum atomic E-state index is 0.554. The van der Waals surface area contributed by atoms with Crippen LogP contribution in [-0.2, 0) is 6.54 Å². The fourth-order valence-corrected chi connectivity index (χ4v) is 2.54. The first kappa shape index (κ1) is 16.0. The van der Waals surface area contributed by atoms with E-state index in [1.54, 1.807) is 6.20 Å². The Bertz CT molecular complexity index is 386. The number of thiol groups is 1. The first-order valence-corrected chi connectivity index (χ1v) is 7.39. The average molecular weight is 277 g/mol. The zero-order valence-electron chi connectivity index (χ0n) is 11.8. The Morgan fingerprint density at radius 2 is 2.26 bits per heavy atom. The van der Waals surface area contributed by atoms with Gasteiger partial charge in [0.15, 0.2) is 0 Å². The second-order valence-electron chi connectivity index (χ2n) is 5.19. The number of hydrogen-bond donors (Lipinski definition) is 1. The molecule has 4 heteroatoms. The molecular formula is C15H23N3S. The van der Waals surface area contributed by atoms with Crippen molar-refractivity contribution in [1.29, 1.82) is 5.26 Å². The van der Waals surface area contributed by atoms with Crippen LogP contribution in [0.25, 0.3) is 0 Å². The summed E-state index contributed by atoms with van der Waals surface area (Å²) in [5, 5.41) is 8.78. The molecule has 1 aromatic rings. The molecule has 0 N–H and O–H groups in total. The molecule has 0 aromatic carbocycles. The Labute approximate surface area is 122 Å². The van der Waals surface area contributed by atoms with E-state index in [4.69, 9.17) is 5.26 Å². The summed E-state index contributed by atoms with van der Waals surface area (Å²) in [5.74, 6) is 2.04. The van der Waals surface area contributed by atoms with Gasteiger partial charge >= 0.3 is 0 Å². The molecule has 19 heavy (non-hydrogen) atoms. The molecule has 3 nitrogen and oxygen atoms in total. The molecule has 1 aromatic heterocycles. The highest BCUT2D eigenvalue weighted by atomic mass is 32.1. The van der Waals surface area contributed by atoms with Gasteiger partial charge in [-0.2, -0.15) is 17.9 Å². The average Bonchev–Trinajstić information content (AvgIpc) is 2.42. The van der Waals surface area contributed by atoms with E-state index in [1.165, 1.54) is 5.56 Å². The van der Waals surface area contributed by atoms with Crippen LogP contribution in [0.3, 0.4) is 0 Å². The van der Waals surface area contributed by atoms with Crippen LogP contribution in [0, 0.1) is 23.2 Å². The zero-order valence-corrected chi connectivity index (χ0v) is 12.7. The van der Waals surface area contributed by atoms with Crippen molar-refractivity contribution in [2.45, 2.75) is 26.8 Å². The lowest BCUT2D eigenvalue weighted by molar-refractivity contribution is 0.210. The van der Waals surface area contributed by atoms with Crippen LogP contribution >= 0.6 is 12.6 Å². The molecule has 0 radical (unpaired) electrons. The third kappa shape index (κ3) is 6.09. The maximum Gasteiger partial charge on any atom is 0.0635 e. The molecule has 1 heterocycles. The summed E-state index contributed by atoms with van der Waals surface area (Å²) >= 11 is 4.44. The molecule has 0 fully saturated rings. The SMILES string of the molecule is CC(C)C(CS)CN(CCC#N)Cc1cccnc1. The van der Waals surface area contributed by atoms with Crippen LogP contribution in [0.15, 0.2) is 24.5 Å². The lowest BCUT2D eigenvalue weighted by Gasteiger charge is -2.28. The topological polar surface area (TPSA) is 39.9 Å². The standard InChI is InChI=1S/C15H23N3S/c1-13(2)15(12-19)11-18(8-4-6-16)10-14-5-3-7-17-9-14/h3,5,7,9,13,15,19H,4,8,10-12H2,1-2H3. The molecule has 0 aliphatic heterocycles. The molecule has 0 aliphatic rings. The summed E-state index contributed by atoms with van der Waals surface area (Å²) < 4.78 is 0. The zero-order chi connectivity index (χ0) is 14.1. The third-order valence-corrected chi connectivity index (χ3v) is 3.81. The van der Waals surface area contributed by atoms with Crippen molar-refractivity contribution in [3.05, 3.63) is 30.1 Å². The summed E-state index contributed by atoms with van der Waals surface area (Å²) in [6, 6.07) is 6.26. The van der Waals surface area contributed by atoms with Gasteiger partial charge in [-0.1, -0.05) is 19.9 Å². The molecule has 0 saturated carbocycles. The monoisotopic (exact) mass is 277 g/mol. The van der Waals surface area contributed by atoms with E-state index in [0.29, 0.717) is 18.3 Å². The van der Waals surface area contributed by atoms with E-state index in [-0.39, 0.29) is 0 Å². The largest absolute Gasteiger partial charge is 0.298 e. The Kier molecular flexibility index (Phi) is 7.54. The van der Waals surface area contributed by atoms with Gasteiger partial charge in [-0.3, -0.25) is 9.88 Å². The molecule has 0 amide bonds. The van der Waals surface area contributed by atoms with Gasteiger partial charge in [-0.05, 0) is 29.2 Å². The van der Waals surface area contributed by atoms with Crippen LogP contribution in [0.1, 0.15) is 25.8 Å². The second-order valence-corrected chi connectivity index (χ2v) is 5.56. The van der Waals surface area contributed by atoms with Gasteiger partial charge in [0.25, 0.3) is 0 Å². The van der Waals surface area contributed by atoms with Crippen molar-refractivity contribution in [2.24, 2.45) is 11.8 Å². The number of rotatable bonds is 8. The second kappa shape index (κ2) is 8.95. The van der Waals surface area contributed by atoms with Crippen LogP contribution < -0.4 is 0 Å². The predicted molar refractivity (Wildman–Crippen MR) is 81.9 cm³/mol. The van der Waals surface area contributed by atoms with Crippen molar-refractivity contribution >= 4 is 12.6 Å². The van der Waals surface area contributed by atoms with E-state index in [2.05, 4.69) is 48.5 Å². The summed E-state index contributed by atoms with van der Waals surface area (Å²) in [4.78, 5) is 6.48. The van der Waals surface area contributed by atoms with Gasteiger partial charge in [0, 0.05) is 38.4 Å². The van der Waals surface area contributed by atoms with Gasteiger partial charge in [0.05, 0.1) is 6.07 Å². The third-order valence-electron chi connectivity index (χ3n) is 3.34. The van der Waals surface area contributed by atoms with Crippen molar-refractivity contribution in [1.82, 2.24) is 9.88 Å². The highest BCUT2D eigenvalue weighted by Crippen LogP contribution is 2.16. The molecule has 0 aliphatic carbocycles. The summed E-state index contributed by atoms with van der Waals surface area (Å²) in [6.07, 6.45) is 4.25. The molecule has 104 valence electrons. The summed E-state index contributed by atoms with van der Waals surface area (Å²) in [6.45, 7) is 7.10. The van der Waals surface area contributed by atoms with E-state index in [0.717, 1.165) is 25.4 Å². The Balaban J connectivity index is 2.63. The van der Waals surface area contributed by atoms with E-state index >= 15 is 0 Å². The molecular weight excluding hydrogens is 254 g/mol. The molecule has 0 bridgehead atoms. The molecule has 0 spiro atoms. The first-order valence-electron chi connectivity index (χ1n) is 6.76. The lowest BCUT2D eigenvalue weighted by atomic mass is 9.97. The first-order chi connectivity index (χ1) is 9.17. The fourth-order valence-electron chi connectivity index (χ4n) is 2.00. The van der Waals surface area contributed by atoms with Gasteiger partial charge in [0.1, 0.15) is 0 Å². The van der Waals surface area contributed by atoms with Gasteiger partial charge in [-0.25, -0.2) is 0 Å². The van der Waals surface area contributed by atoms with E-state index in [9.17, 15) is 0 Å². The van der Waals surface area contributed by atoms with Crippen molar-refractivity contribution < 1.29 is 0 Å². The Hall–Kier alpha value is -1.05. The van der Waals surface area contributed by atoms with Crippen molar-refractivity contribution in [2.75, 3.05) is 18.8 Å². The molecule has 1 atom stereocenters. The number of aromatic nitrogens is 1. The minimum absolute atomic E-state index is 0.554. The highest BCUT2D eigenvalue weighted by molar-refractivity contribution is 7.80. The normalized spacial score (nSPS) is 12.6. The van der Waals surface area contributed by atoms with Crippen LogP contribution in [0.4, 0.5) is 0 Å². The van der Waals surface area contributed by atoms with E-state index in [1.807, 2.05) is 12.3 Å². The molecule has 1 unspecified atom stereocenters. The van der Waals surface area contributed by atoms with Crippen molar-refractivity contribution in [3.63, 3.8) is 0 Å². The fraction of sp³-hybridized carbons (Fsp3) is 0.600. The van der Waals surface area contributed by atoms with Crippen LogP contribution in [0.2, 0.25) is 0 Å². The quantitative estimate of drug-likeness (QED) is 0.743. The minimum Gasteiger partial charge on any atom is -0.298 e. The maximum atomic E-state index is 8.78. The number of nitriles is 1. The Morgan fingerprint density at radius 3 is 2.79 bits per heavy atom. The maximum absolute atomic E-state index is 8.78. The number of hydrogen-bond acceptors (Lipinski definition) is 4. The molecule has 0 saturated heterocycles. The van der Waals surface area contributed by atoms with Crippen LogP contribution in [-0.4, -0.2) is 28.7 Å². The van der Waals surface area contributed by atoms with E-state index < -0.39 is 0 Å². The molecule has 1 rings (SSSR count). The van der Waals surface area contributed by atoms with Gasteiger partial charge in [0.2, 0.25) is 0 Å². The smallest absolute Gasteiger partial charge is 0.0635 e. The highest BCUT2D eigenvalue weighted by Gasteiger charge is 2.16. The summed E-state index contributed by atoms with van der Waals surface area (Å²) in [5.41, 5.74) is 1.20. The van der Waals surface area contributed by atoms with Gasteiger partial charge < -0.3 is 0 Å². The number of pyridine rings is 1. The lowest BCUT2D eigenvalue weighted by Crippen LogP contribution is -2.33. The van der Waals surface area contributed by atoms with Gasteiger partial charge in [-0.15, -0.1) is 0 Å². The Morgan fingerprint density at radius 1 is 1.47 bits per heavy atom. The number of nitrogens with zero attached hydrogens (tertiary/aromatic N) is 3. The summed E-state index contributed by atoms with van der Waals surface area (Å²) in [7, 11) is 0.